The summed E-state index contributed by atoms with van der Waals surface area (Å²) in [4.78, 5) is 5.31. The molecule has 0 saturated carbocycles. The van der Waals surface area contributed by atoms with Gasteiger partial charge >= 0.3 is 0 Å². The summed E-state index contributed by atoms with van der Waals surface area (Å²) in [5.41, 5.74) is 0.839. The van der Waals surface area contributed by atoms with Crippen molar-refractivity contribution in [3.8, 4) is 17.2 Å². The number of hydrogen-bond acceptors (Lipinski definition) is 7. The van der Waals surface area contributed by atoms with Crippen LogP contribution >= 0.6 is 11.3 Å². The summed E-state index contributed by atoms with van der Waals surface area (Å²) in [6.45, 7) is 2.01. The summed E-state index contributed by atoms with van der Waals surface area (Å²) in [5, 5.41) is 18.0. The molecule has 30 heavy (non-hydrogen) atoms. The fourth-order valence-electron chi connectivity index (χ4n) is 3.88. The van der Waals surface area contributed by atoms with Gasteiger partial charge in [0.1, 0.15) is 11.5 Å². The molecule has 0 aliphatic carbocycles. The maximum Gasteiger partial charge on any atom is 0.164 e. The average Bonchev–Trinajstić information content (AvgIpc) is 3.47. The van der Waals surface area contributed by atoms with Crippen LogP contribution in [0.25, 0.3) is 5.69 Å². The number of likely N-dealkylation sites (tertiary alicyclic amines) is 1. The lowest BCUT2D eigenvalue weighted by Crippen LogP contribution is -2.45. The van der Waals surface area contributed by atoms with Crippen molar-refractivity contribution in [2.75, 3.05) is 39.3 Å². The van der Waals surface area contributed by atoms with Crippen molar-refractivity contribution < 1.29 is 14.6 Å². The van der Waals surface area contributed by atoms with Crippen LogP contribution in [-0.4, -0.2) is 60.2 Å². The Morgan fingerprint density at radius 3 is 2.43 bits per heavy atom. The molecule has 0 spiro atoms. The molecular weight excluding hydrogens is 400 g/mol. The molecule has 4 rings (SSSR count). The molecule has 1 fully saturated rings. The average molecular weight is 429 g/mol. The molecule has 2 aromatic heterocycles. The molecule has 160 valence electrons. The summed E-state index contributed by atoms with van der Waals surface area (Å²) in [5.74, 6) is 2.16. The van der Waals surface area contributed by atoms with Crippen LogP contribution in [0.3, 0.4) is 0 Å². The van der Waals surface area contributed by atoms with E-state index in [0.717, 1.165) is 42.3 Å². The van der Waals surface area contributed by atoms with E-state index in [1.54, 1.807) is 30.2 Å². The maximum atomic E-state index is 11.2. The van der Waals surface area contributed by atoms with Gasteiger partial charge in [0, 0.05) is 36.5 Å². The Bertz CT molecular complexity index is 929. The Kier molecular flexibility index (Phi) is 6.26. The minimum absolute atomic E-state index is 0.224. The number of methoxy groups -OCH3 is 2. The zero-order valence-corrected chi connectivity index (χ0v) is 18.4. The standard InChI is InChI=1S/C22H28N4O3S/c1-24-9-6-16(7-10-24)26(22(27)20-5-4-12-30-20)21-8-11-25(23-21)17-13-18(28-2)15-19(14-17)29-3/h4-5,8,11-16,22,27H,6-7,9-10H2,1-3H3. The number of aliphatic hydroxyl groups is 1. The molecule has 1 N–H and O–H groups in total. The van der Waals surface area contributed by atoms with Gasteiger partial charge in [-0.1, -0.05) is 6.07 Å². The Morgan fingerprint density at radius 2 is 1.83 bits per heavy atom. The van der Waals surface area contributed by atoms with Gasteiger partial charge in [0.15, 0.2) is 12.0 Å². The van der Waals surface area contributed by atoms with Gasteiger partial charge in [-0.15, -0.1) is 11.3 Å². The predicted molar refractivity (Wildman–Crippen MR) is 119 cm³/mol. The number of aromatic nitrogens is 2. The number of thiophene rings is 1. The van der Waals surface area contributed by atoms with Gasteiger partial charge in [0.05, 0.1) is 24.8 Å². The van der Waals surface area contributed by atoms with Crippen LogP contribution in [0.2, 0.25) is 0 Å². The van der Waals surface area contributed by atoms with E-state index in [1.165, 1.54) is 0 Å². The van der Waals surface area contributed by atoms with E-state index in [0.29, 0.717) is 11.5 Å². The number of nitrogens with zero attached hydrogens (tertiary/aromatic N) is 4. The molecule has 3 aromatic rings. The SMILES string of the molecule is COc1cc(OC)cc(-n2ccc(N(C3CCN(C)CC3)C(O)c3cccs3)n2)c1. The highest BCUT2D eigenvalue weighted by Crippen LogP contribution is 2.33. The van der Waals surface area contributed by atoms with Crippen molar-refractivity contribution in [1.82, 2.24) is 14.7 Å². The second kappa shape index (κ2) is 9.07. The molecule has 3 heterocycles. The molecular formula is C22H28N4O3S. The number of hydrogen-bond donors (Lipinski definition) is 1. The largest absolute Gasteiger partial charge is 0.497 e. The van der Waals surface area contributed by atoms with Crippen molar-refractivity contribution >= 4 is 17.2 Å². The van der Waals surface area contributed by atoms with E-state index in [-0.39, 0.29) is 6.04 Å². The van der Waals surface area contributed by atoms with Crippen LogP contribution < -0.4 is 14.4 Å². The van der Waals surface area contributed by atoms with Crippen LogP contribution in [-0.2, 0) is 0 Å². The number of ether oxygens (including phenoxy) is 2. The molecule has 0 amide bonds. The molecule has 8 heteroatoms. The number of aliphatic hydroxyl groups excluding tert-OH is 1. The third-order valence-electron chi connectivity index (χ3n) is 5.58. The Labute approximate surface area is 181 Å². The van der Waals surface area contributed by atoms with Crippen molar-refractivity contribution in [1.29, 1.82) is 0 Å². The molecule has 1 saturated heterocycles. The second-order valence-electron chi connectivity index (χ2n) is 7.52. The summed E-state index contributed by atoms with van der Waals surface area (Å²) in [6.07, 6.45) is 3.16. The van der Waals surface area contributed by atoms with E-state index < -0.39 is 6.23 Å². The molecule has 1 aromatic carbocycles. The number of anilines is 1. The van der Waals surface area contributed by atoms with Gasteiger partial charge < -0.3 is 24.4 Å². The van der Waals surface area contributed by atoms with Crippen LogP contribution in [0.4, 0.5) is 5.82 Å². The third kappa shape index (κ3) is 4.30. The lowest BCUT2D eigenvalue weighted by atomic mass is 10.0. The molecule has 1 atom stereocenters. The summed E-state index contributed by atoms with van der Waals surface area (Å²) < 4.78 is 12.6. The zero-order valence-electron chi connectivity index (χ0n) is 17.6. The molecule has 1 aliphatic heterocycles. The summed E-state index contributed by atoms with van der Waals surface area (Å²) in [6, 6.07) is 11.8. The number of piperidine rings is 1. The third-order valence-corrected chi connectivity index (χ3v) is 6.50. The topological polar surface area (TPSA) is 63.0 Å². The first-order valence-electron chi connectivity index (χ1n) is 10.1. The van der Waals surface area contributed by atoms with Gasteiger partial charge in [-0.25, -0.2) is 4.68 Å². The van der Waals surface area contributed by atoms with Crippen molar-refractivity contribution in [3.63, 3.8) is 0 Å². The molecule has 1 aliphatic rings. The van der Waals surface area contributed by atoms with Crippen LogP contribution in [0, 0.1) is 0 Å². The molecule has 1 unspecified atom stereocenters. The first-order valence-corrected chi connectivity index (χ1v) is 10.9. The van der Waals surface area contributed by atoms with E-state index >= 15 is 0 Å². The minimum Gasteiger partial charge on any atom is -0.497 e. The highest BCUT2D eigenvalue weighted by atomic mass is 32.1. The Morgan fingerprint density at radius 1 is 1.13 bits per heavy atom. The van der Waals surface area contributed by atoms with Gasteiger partial charge in [-0.2, -0.15) is 5.10 Å². The van der Waals surface area contributed by atoms with E-state index in [4.69, 9.17) is 14.6 Å². The fraction of sp³-hybridized carbons (Fsp3) is 0.409. The second-order valence-corrected chi connectivity index (χ2v) is 8.50. The summed E-state index contributed by atoms with van der Waals surface area (Å²) in [7, 11) is 5.40. The minimum atomic E-state index is -0.721. The Balaban J connectivity index is 1.68. The number of benzene rings is 1. The quantitative estimate of drug-likeness (QED) is 0.581. The molecule has 7 nitrogen and oxygen atoms in total. The highest BCUT2D eigenvalue weighted by molar-refractivity contribution is 7.10. The van der Waals surface area contributed by atoms with Gasteiger partial charge in [0.25, 0.3) is 0 Å². The van der Waals surface area contributed by atoms with Crippen LogP contribution in [0.15, 0.2) is 48.0 Å². The molecule has 0 bridgehead atoms. The lowest BCUT2D eigenvalue weighted by Gasteiger charge is -2.39. The van der Waals surface area contributed by atoms with Gasteiger partial charge in [0.2, 0.25) is 0 Å². The van der Waals surface area contributed by atoms with Gasteiger partial charge in [-0.05, 0) is 44.4 Å². The maximum absolute atomic E-state index is 11.2. The first-order chi connectivity index (χ1) is 14.6. The first kappa shape index (κ1) is 20.7. The smallest absolute Gasteiger partial charge is 0.164 e. The van der Waals surface area contributed by atoms with E-state index in [9.17, 15) is 5.11 Å². The lowest BCUT2D eigenvalue weighted by molar-refractivity contribution is 0.142. The Hall–Kier alpha value is -2.55. The predicted octanol–water partition coefficient (Wildman–Crippen LogP) is 3.54. The summed E-state index contributed by atoms with van der Waals surface area (Å²) >= 11 is 1.56. The van der Waals surface area contributed by atoms with Crippen LogP contribution in [0.1, 0.15) is 23.9 Å². The normalized spacial score (nSPS) is 16.4. The van der Waals surface area contributed by atoms with Crippen molar-refractivity contribution in [2.24, 2.45) is 0 Å². The van der Waals surface area contributed by atoms with E-state index in [2.05, 4.69) is 16.8 Å². The number of rotatable bonds is 7. The van der Waals surface area contributed by atoms with Gasteiger partial charge in [-0.3, -0.25) is 0 Å². The van der Waals surface area contributed by atoms with Crippen molar-refractivity contribution in [3.05, 3.63) is 52.9 Å². The fourth-order valence-corrected chi connectivity index (χ4v) is 4.59. The van der Waals surface area contributed by atoms with Crippen molar-refractivity contribution in [2.45, 2.75) is 25.1 Å². The zero-order chi connectivity index (χ0) is 21.1. The van der Waals surface area contributed by atoms with E-state index in [1.807, 2.05) is 48.0 Å². The van der Waals surface area contributed by atoms with Crippen LogP contribution in [0.5, 0.6) is 11.5 Å². The monoisotopic (exact) mass is 428 g/mol. The highest BCUT2D eigenvalue weighted by Gasteiger charge is 2.31. The molecule has 0 radical (unpaired) electrons.